The minimum atomic E-state index is -3.21. The smallest absolute Gasteiger partial charge is 0.235 e. The van der Waals surface area contributed by atoms with E-state index in [9.17, 15) is 13.2 Å². The number of sulfone groups is 1. The number of carbonyl (C=O) groups is 1. The van der Waals surface area contributed by atoms with Gasteiger partial charge in [-0.05, 0) is 24.7 Å². The maximum Gasteiger partial charge on any atom is 0.235 e. The molecule has 1 aliphatic rings. The van der Waals surface area contributed by atoms with Crippen molar-refractivity contribution in [1.29, 1.82) is 0 Å². The van der Waals surface area contributed by atoms with Crippen LogP contribution in [-0.4, -0.2) is 32.4 Å². The molecule has 1 atom stereocenters. The first-order valence-electron chi connectivity index (χ1n) is 5.15. The van der Waals surface area contributed by atoms with E-state index in [4.69, 9.17) is 0 Å². The molecule has 0 aromatic rings. The zero-order chi connectivity index (χ0) is 11.7. The van der Waals surface area contributed by atoms with Gasteiger partial charge in [-0.3, -0.25) is 4.79 Å². The molecule has 0 bridgehead atoms. The molecule has 1 aliphatic carbocycles. The summed E-state index contributed by atoms with van der Waals surface area (Å²) in [5.41, 5.74) is 0.267. The third kappa shape index (κ3) is 4.64. The third-order valence-corrected chi connectivity index (χ3v) is 3.51. The SMILES string of the molecule is CC1(C)CCC(NC(=O)CS(C)(=O)=O)C1. The van der Waals surface area contributed by atoms with E-state index in [1.54, 1.807) is 0 Å². The second-order valence-electron chi connectivity index (χ2n) is 5.24. The molecule has 1 rings (SSSR count). The molecular formula is C10H19NO3S. The fourth-order valence-corrected chi connectivity index (χ4v) is 2.63. The highest BCUT2D eigenvalue weighted by atomic mass is 32.2. The number of carbonyl (C=O) groups excluding carboxylic acids is 1. The van der Waals surface area contributed by atoms with Gasteiger partial charge in [-0.1, -0.05) is 13.8 Å². The van der Waals surface area contributed by atoms with Gasteiger partial charge in [0.2, 0.25) is 5.91 Å². The van der Waals surface area contributed by atoms with Crippen LogP contribution in [0.4, 0.5) is 0 Å². The van der Waals surface area contributed by atoms with Gasteiger partial charge in [-0.2, -0.15) is 0 Å². The predicted octanol–water partition coefficient (Wildman–Crippen LogP) is 0.726. The minimum Gasteiger partial charge on any atom is -0.352 e. The normalized spacial score (nSPS) is 25.1. The van der Waals surface area contributed by atoms with Crippen LogP contribution in [0.15, 0.2) is 0 Å². The standard InChI is InChI=1S/C10H19NO3S/c1-10(2)5-4-8(6-10)11-9(12)7-15(3,13)14/h8H,4-7H2,1-3H3,(H,11,12). The number of hydrogen-bond acceptors (Lipinski definition) is 3. The fourth-order valence-electron chi connectivity index (χ4n) is 2.07. The summed E-state index contributed by atoms with van der Waals surface area (Å²) >= 11 is 0. The average Bonchev–Trinajstić information content (AvgIpc) is 2.25. The molecule has 5 heteroatoms. The van der Waals surface area contributed by atoms with E-state index in [-0.39, 0.29) is 17.4 Å². The Kier molecular flexibility index (Phi) is 3.43. The maximum absolute atomic E-state index is 11.3. The van der Waals surface area contributed by atoms with Crippen LogP contribution < -0.4 is 5.32 Å². The van der Waals surface area contributed by atoms with Crippen molar-refractivity contribution in [3.05, 3.63) is 0 Å². The molecular weight excluding hydrogens is 214 g/mol. The van der Waals surface area contributed by atoms with Crippen molar-refractivity contribution < 1.29 is 13.2 Å². The largest absolute Gasteiger partial charge is 0.352 e. The first kappa shape index (κ1) is 12.5. The minimum absolute atomic E-state index is 0.147. The molecule has 1 N–H and O–H groups in total. The Morgan fingerprint density at radius 1 is 1.47 bits per heavy atom. The van der Waals surface area contributed by atoms with E-state index >= 15 is 0 Å². The second kappa shape index (κ2) is 4.12. The van der Waals surface area contributed by atoms with Crippen molar-refractivity contribution in [1.82, 2.24) is 5.32 Å². The molecule has 15 heavy (non-hydrogen) atoms. The van der Waals surface area contributed by atoms with Crippen LogP contribution in [0.2, 0.25) is 0 Å². The summed E-state index contributed by atoms with van der Waals surface area (Å²) in [6.45, 7) is 4.32. The van der Waals surface area contributed by atoms with E-state index in [0.717, 1.165) is 25.5 Å². The lowest BCUT2D eigenvalue weighted by atomic mass is 9.92. The molecule has 1 amide bonds. The molecule has 1 fully saturated rings. The Balaban J connectivity index is 2.41. The summed E-state index contributed by atoms with van der Waals surface area (Å²) in [6, 6.07) is 0.147. The highest BCUT2D eigenvalue weighted by Gasteiger charge is 2.31. The van der Waals surface area contributed by atoms with Gasteiger partial charge in [0.05, 0.1) is 0 Å². The first-order valence-corrected chi connectivity index (χ1v) is 7.21. The van der Waals surface area contributed by atoms with Gasteiger partial charge in [-0.15, -0.1) is 0 Å². The lowest BCUT2D eigenvalue weighted by Crippen LogP contribution is -2.37. The van der Waals surface area contributed by atoms with Gasteiger partial charge in [-0.25, -0.2) is 8.42 Å². The average molecular weight is 233 g/mol. The number of nitrogens with one attached hydrogen (secondary N) is 1. The molecule has 0 heterocycles. The van der Waals surface area contributed by atoms with Gasteiger partial charge < -0.3 is 5.32 Å². The fraction of sp³-hybridized carbons (Fsp3) is 0.900. The van der Waals surface area contributed by atoms with E-state index in [0.29, 0.717) is 0 Å². The summed E-state index contributed by atoms with van der Waals surface area (Å²) in [5, 5.41) is 2.77. The molecule has 1 saturated carbocycles. The Labute approximate surface area is 91.4 Å². The molecule has 1 unspecified atom stereocenters. The van der Waals surface area contributed by atoms with Gasteiger partial charge in [0, 0.05) is 12.3 Å². The number of amides is 1. The molecule has 0 saturated heterocycles. The summed E-state index contributed by atoms with van der Waals surface area (Å²) in [7, 11) is -3.21. The van der Waals surface area contributed by atoms with Gasteiger partial charge >= 0.3 is 0 Å². The topological polar surface area (TPSA) is 63.2 Å². The molecule has 0 aliphatic heterocycles. The van der Waals surface area contributed by atoms with Crippen LogP contribution in [0.1, 0.15) is 33.1 Å². The molecule has 0 radical (unpaired) electrons. The van der Waals surface area contributed by atoms with Crippen molar-refractivity contribution in [2.24, 2.45) is 5.41 Å². The van der Waals surface area contributed by atoms with Gasteiger partial charge in [0.15, 0.2) is 9.84 Å². The van der Waals surface area contributed by atoms with E-state index in [2.05, 4.69) is 19.2 Å². The molecule has 0 aromatic heterocycles. The van der Waals surface area contributed by atoms with Crippen molar-refractivity contribution in [2.75, 3.05) is 12.0 Å². The number of hydrogen-bond donors (Lipinski definition) is 1. The zero-order valence-electron chi connectivity index (χ0n) is 9.54. The summed E-state index contributed by atoms with van der Waals surface area (Å²) in [4.78, 5) is 11.3. The van der Waals surface area contributed by atoms with E-state index < -0.39 is 15.6 Å². The summed E-state index contributed by atoms with van der Waals surface area (Å²) < 4.78 is 21.8. The van der Waals surface area contributed by atoms with Crippen molar-refractivity contribution in [3.8, 4) is 0 Å². The van der Waals surface area contributed by atoms with Crippen LogP contribution in [0, 0.1) is 5.41 Å². The van der Waals surface area contributed by atoms with Crippen LogP contribution >= 0.6 is 0 Å². The lowest BCUT2D eigenvalue weighted by Gasteiger charge is -2.17. The maximum atomic E-state index is 11.3. The first-order chi connectivity index (χ1) is 6.68. The highest BCUT2D eigenvalue weighted by Crippen LogP contribution is 2.36. The quantitative estimate of drug-likeness (QED) is 0.781. The second-order valence-corrected chi connectivity index (χ2v) is 7.38. The third-order valence-electron chi connectivity index (χ3n) is 2.73. The molecule has 4 nitrogen and oxygen atoms in total. The molecule has 88 valence electrons. The van der Waals surface area contributed by atoms with Crippen molar-refractivity contribution >= 4 is 15.7 Å². The Morgan fingerprint density at radius 2 is 2.07 bits per heavy atom. The summed E-state index contributed by atoms with van der Waals surface area (Å²) in [6.07, 6.45) is 4.03. The Bertz CT molecular complexity index is 346. The van der Waals surface area contributed by atoms with Crippen molar-refractivity contribution in [3.63, 3.8) is 0 Å². The lowest BCUT2D eigenvalue weighted by molar-refractivity contribution is -0.119. The monoisotopic (exact) mass is 233 g/mol. The zero-order valence-corrected chi connectivity index (χ0v) is 10.4. The number of rotatable bonds is 3. The Hall–Kier alpha value is -0.580. The predicted molar refractivity (Wildman–Crippen MR) is 59.3 cm³/mol. The van der Waals surface area contributed by atoms with Gasteiger partial charge in [0.1, 0.15) is 5.75 Å². The summed E-state index contributed by atoms with van der Waals surface area (Å²) in [5.74, 6) is -0.774. The van der Waals surface area contributed by atoms with Gasteiger partial charge in [0.25, 0.3) is 0 Å². The molecule has 0 spiro atoms. The Morgan fingerprint density at radius 3 is 2.47 bits per heavy atom. The van der Waals surface area contributed by atoms with Crippen LogP contribution in [-0.2, 0) is 14.6 Å². The van der Waals surface area contributed by atoms with E-state index in [1.807, 2.05) is 0 Å². The molecule has 0 aromatic carbocycles. The highest BCUT2D eigenvalue weighted by molar-refractivity contribution is 7.91. The van der Waals surface area contributed by atoms with Crippen molar-refractivity contribution in [2.45, 2.75) is 39.2 Å². The van der Waals surface area contributed by atoms with E-state index in [1.165, 1.54) is 0 Å². The van der Waals surface area contributed by atoms with Crippen LogP contribution in [0.3, 0.4) is 0 Å². The van der Waals surface area contributed by atoms with Crippen LogP contribution in [0.25, 0.3) is 0 Å². The van der Waals surface area contributed by atoms with Crippen LogP contribution in [0.5, 0.6) is 0 Å².